The largest absolute Gasteiger partial charge is 0.449 e. The zero-order valence-electron chi connectivity index (χ0n) is 14.4. The Labute approximate surface area is 168 Å². The van der Waals surface area contributed by atoms with Gasteiger partial charge in [-0.25, -0.2) is 13.2 Å². The van der Waals surface area contributed by atoms with Crippen LogP contribution >= 0.6 is 22.6 Å². The molecule has 0 aromatic carbocycles. The van der Waals surface area contributed by atoms with E-state index in [1.165, 1.54) is 20.8 Å². The van der Waals surface area contributed by atoms with Crippen LogP contribution in [0.25, 0.3) is 0 Å². The van der Waals surface area contributed by atoms with E-state index in [-0.39, 0.29) is 33.5 Å². The van der Waals surface area contributed by atoms with Gasteiger partial charge in [0.1, 0.15) is 6.23 Å². The number of alkyl halides is 9. The summed E-state index contributed by atoms with van der Waals surface area (Å²) in [6.45, 7) is 3.06. The standard InChI is InChI=1S/C12H16F8INO5S/c1-4-25-7-5-22(8(26-7)6(2)3)28(23,24)12(19,20)11(17,18)27-10(15,16)9(13,14)21/h6-8H,4-5H2,1-3H3/t7-,8-/m1/s1. The second kappa shape index (κ2) is 8.24. The Morgan fingerprint density at radius 2 is 1.61 bits per heavy atom. The third kappa shape index (κ3) is 4.81. The van der Waals surface area contributed by atoms with Crippen LogP contribution in [0, 0.1) is 5.92 Å². The summed E-state index contributed by atoms with van der Waals surface area (Å²) in [7, 11) is -6.42. The fourth-order valence-electron chi connectivity index (χ4n) is 2.10. The summed E-state index contributed by atoms with van der Waals surface area (Å²) in [5.41, 5.74) is 0. The van der Waals surface area contributed by atoms with Crippen LogP contribution in [-0.4, -0.2) is 59.8 Å². The molecule has 2 atom stereocenters. The van der Waals surface area contributed by atoms with E-state index in [0.29, 0.717) is 0 Å². The van der Waals surface area contributed by atoms with E-state index in [1.807, 2.05) is 0 Å². The summed E-state index contributed by atoms with van der Waals surface area (Å²) in [6.07, 6.45) is -15.7. The lowest BCUT2D eigenvalue weighted by atomic mass is 10.2. The van der Waals surface area contributed by atoms with Crippen molar-refractivity contribution >= 4 is 32.6 Å². The minimum absolute atomic E-state index is 0.0456. The first-order valence-corrected chi connectivity index (χ1v) is 10.0. The van der Waals surface area contributed by atoms with E-state index in [0.717, 1.165) is 0 Å². The first-order valence-electron chi connectivity index (χ1n) is 7.50. The van der Waals surface area contributed by atoms with Crippen molar-refractivity contribution in [3.63, 3.8) is 0 Å². The second-order valence-electron chi connectivity index (χ2n) is 5.88. The number of hydrogen-bond donors (Lipinski definition) is 0. The molecule has 16 heteroatoms. The van der Waals surface area contributed by atoms with E-state index in [1.54, 1.807) is 0 Å². The second-order valence-corrected chi connectivity index (χ2v) is 9.17. The summed E-state index contributed by atoms with van der Waals surface area (Å²) >= 11 is -0.313. The van der Waals surface area contributed by atoms with E-state index in [9.17, 15) is 43.5 Å². The van der Waals surface area contributed by atoms with Gasteiger partial charge < -0.3 is 9.47 Å². The van der Waals surface area contributed by atoms with Crippen molar-refractivity contribution in [2.45, 2.75) is 54.7 Å². The van der Waals surface area contributed by atoms with Gasteiger partial charge in [-0.1, -0.05) is 13.8 Å². The molecule has 0 N–H and O–H groups in total. The molecular weight excluding hydrogens is 549 g/mol. The molecule has 1 rings (SSSR count). The number of sulfonamides is 1. The zero-order chi connectivity index (χ0) is 22.3. The predicted molar refractivity (Wildman–Crippen MR) is 85.6 cm³/mol. The molecule has 1 fully saturated rings. The summed E-state index contributed by atoms with van der Waals surface area (Å²) in [4.78, 5) is 0. The Kier molecular flexibility index (Phi) is 7.65. The third-order valence-electron chi connectivity index (χ3n) is 3.38. The number of hydrogen-bond acceptors (Lipinski definition) is 5. The lowest BCUT2D eigenvalue weighted by Crippen LogP contribution is -2.59. The molecule has 0 radical (unpaired) electrons. The van der Waals surface area contributed by atoms with Crippen molar-refractivity contribution in [2.75, 3.05) is 13.2 Å². The monoisotopic (exact) mass is 565 g/mol. The van der Waals surface area contributed by atoms with Crippen molar-refractivity contribution < 1.29 is 57.8 Å². The molecule has 168 valence electrons. The molecule has 0 aromatic heterocycles. The lowest BCUT2D eigenvalue weighted by Gasteiger charge is -2.34. The molecule has 6 nitrogen and oxygen atoms in total. The molecule has 0 unspecified atom stereocenters. The molecular formula is C12H16F8INO5S. The molecule has 1 aliphatic heterocycles. The van der Waals surface area contributed by atoms with Crippen LogP contribution in [-0.2, 0) is 24.2 Å². The molecule has 0 saturated carbocycles. The molecule has 0 aliphatic carbocycles. The quantitative estimate of drug-likeness (QED) is 0.242. The van der Waals surface area contributed by atoms with Crippen molar-refractivity contribution in [3.8, 4) is 0 Å². The Balaban J connectivity index is 3.29. The van der Waals surface area contributed by atoms with Gasteiger partial charge in [0.15, 0.2) is 6.29 Å². The molecule has 1 aliphatic rings. The highest BCUT2D eigenvalue weighted by atomic mass is 127. The Morgan fingerprint density at radius 3 is 2.00 bits per heavy atom. The Morgan fingerprint density at radius 1 is 1.11 bits per heavy atom. The first-order chi connectivity index (χ1) is 12.3. The number of ether oxygens (including phenoxy) is 3. The van der Waals surface area contributed by atoms with Gasteiger partial charge in [0.05, 0.1) is 6.54 Å². The smallest absolute Gasteiger partial charge is 0.351 e. The molecule has 0 amide bonds. The van der Waals surface area contributed by atoms with Gasteiger partial charge in [0.25, 0.3) is 10.0 Å². The van der Waals surface area contributed by atoms with Crippen molar-refractivity contribution in [3.05, 3.63) is 0 Å². The summed E-state index contributed by atoms with van der Waals surface area (Å²) in [6, 6.07) is 0. The average Bonchev–Trinajstić information content (AvgIpc) is 2.90. The van der Waals surface area contributed by atoms with Gasteiger partial charge in [0.2, 0.25) is 0 Å². The highest BCUT2D eigenvalue weighted by molar-refractivity contribution is 14.1. The van der Waals surface area contributed by atoms with Crippen LogP contribution in [0.2, 0.25) is 0 Å². The Bertz CT molecular complexity index is 657. The highest BCUT2D eigenvalue weighted by Crippen LogP contribution is 2.50. The summed E-state index contributed by atoms with van der Waals surface area (Å²) < 4.78 is 138. The van der Waals surface area contributed by atoms with Crippen molar-refractivity contribution in [1.29, 1.82) is 0 Å². The van der Waals surface area contributed by atoms with Gasteiger partial charge in [-0.2, -0.15) is 39.4 Å². The number of nitrogens with zero attached hydrogens (tertiary/aromatic N) is 1. The maximum Gasteiger partial charge on any atom is 0.449 e. The van der Waals surface area contributed by atoms with Crippen LogP contribution < -0.4 is 0 Å². The molecule has 0 bridgehead atoms. The fourth-order valence-corrected chi connectivity index (χ4v) is 3.73. The van der Waals surface area contributed by atoms with Crippen LogP contribution in [0.1, 0.15) is 20.8 Å². The van der Waals surface area contributed by atoms with E-state index in [2.05, 4.69) is 4.74 Å². The SMILES string of the molecule is CCO[C@H]1CN(S(=O)(=O)C(F)(F)C(F)(F)OC(F)(F)C(F)(F)I)[C@@H](C(C)C)O1. The van der Waals surface area contributed by atoms with Gasteiger partial charge in [-0.05, 0) is 12.8 Å². The van der Waals surface area contributed by atoms with Crippen LogP contribution in [0.15, 0.2) is 0 Å². The highest BCUT2D eigenvalue weighted by Gasteiger charge is 2.75. The minimum Gasteiger partial charge on any atom is -0.351 e. The number of rotatable bonds is 9. The maximum atomic E-state index is 14.1. The normalized spacial score (nSPS) is 23.6. The summed E-state index contributed by atoms with van der Waals surface area (Å²) in [5.74, 6) is -0.842. The molecule has 1 saturated heterocycles. The van der Waals surface area contributed by atoms with E-state index >= 15 is 0 Å². The predicted octanol–water partition coefficient (Wildman–Crippen LogP) is 3.82. The number of halogens is 9. The van der Waals surface area contributed by atoms with Gasteiger partial charge in [0, 0.05) is 29.2 Å². The molecule has 1 heterocycles. The fraction of sp³-hybridized carbons (Fsp3) is 1.00. The van der Waals surface area contributed by atoms with Gasteiger partial charge in [-0.3, -0.25) is 0 Å². The minimum atomic E-state index is -6.50. The topological polar surface area (TPSA) is 65.1 Å². The van der Waals surface area contributed by atoms with Crippen LogP contribution in [0.3, 0.4) is 0 Å². The molecule has 0 aromatic rings. The molecule has 28 heavy (non-hydrogen) atoms. The Hall–Kier alpha value is -0.0400. The average molecular weight is 565 g/mol. The third-order valence-corrected chi connectivity index (χ3v) is 5.87. The van der Waals surface area contributed by atoms with Gasteiger partial charge in [-0.15, -0.1) is 0 Å². The zero-order valence-corrected chi connectivity index (χ0v) is 17.4. The summed E-state index contributed by atoms with van der Waals surface area (Å²) in [5, 5.41) is -6.33. The van der Waals surface area contributed by atoms with Crippen molar-refractivity contribution in [1.82, 2.24) is 4.31 Å². The van der Waals surface area contributed by atoms with E-state index < -0.39 is 56.4 Å². The van der Waals surface area contributed by atoms with Gasteiger partial charge >= 0.3 is 21.4 Å². The molecule has 0 spiro atoms. The maximum absolute atomic E-state index is 14.1. The lowest BCUT2D eigenvalue weighted by molar-refractivity contribution is -0.438. The van der Waals surface area contributed by atoms with Crippen molar-refractivity contribution in [2.24, 2.45) is 5.92 Å². The first kappa shape index (κ1) is 26.0. The van der Waals surface area contributed by atoms with E-state index in [4.69, 9.17) is 9.47 Å². The van der Waals surface area contributed by atoms with Crippen LogP contribution in [0.4, 0.5) is 35.1 Å². The van der Waals surface area contributed by atoms with Crippen LogP contribution in [0.5, 0.6) is 0 Å².